The van der Waals surface area contributed by atoms with Crippen molar-refractivity contribution >= 4 is 5.78 Å². The fraction of sp³-hybridized carbons (Fsp3) is 0.444. The molecule has 1 aromatic heterocycles. The fourth-order valence-electron chi connectivity index (χ4n) is 1.02. The predicted octanol–water partition coefficient (Wildman–Crippen LogP) is 0.351. The van der Waals surface area contributed by atoms with Crippen molar-refractivity contribution in [1.82, 2.24) is 5.32 Å². The molecule has 0 fully saturated rings. The van der Waals surface area contributed by atoms with E-state index in [0.717, 1.165) is 0 Å². The van der Waals surface area contributed by atoms with E-state index in [9.17, 15) is 9.90 Å². The van der Waals surface area contributed by atoms with Crippen LogP contribution in [0.4, 0.5) is 0 Å². The largest absolute Gasteiger partial charge is 0.458 e. The summed E-state index contributed by atoms with van der Waals surface area (Å²) in [5.41, 5.74) is 0. The van der Waals surface area contributed by atoms with Gasteiger partial charge in [-0.1, -0.05) is 0 Å². The number of carbonyl (C=O) groups excluding carboxylic acids is 1. The first-order valence-electron chi connectivity index (χ1n) is 4.08. The minimum absolute atomic E-state index is 0.209. The molecular formula is C9H13NO3. The number of carbonyl (C=O) groups is 1. The van der Waals surface area contributed by atoms with Gasteiger partial charge in [0.05, 0.1) is 0 Å². The van der Waals surface area contributed by atoms with Crippen LogP contribution in [0.2, 0.25) is 0 Å². The molecule has 0 aliphatic heterocycles. The quantitative estimate of drug-likeness (QED) is 0.661. The topological polar surface area (TPSA) is 62.5 Å². The summed E-state index contributed by atoms with van der Waals surface area (Å²) in [5.74, 6) is 0.489. The number of furan rings is 1. The molecule has 0 saturated heterocycles. The molecule has 4 nitrogen and oxygen atoms in total. The highest BCUT2D eigenvalue weighted by Crippen LogP contribution is 2.08. The summed E-state index contributed by atoms with van der Waals surface area (Å²) >= 11 is 0. The van der Waals surface area contributed by atoms with Crippen LogP contribution in [-0.4, -0.2) is 30.6 Å². The molecule has 0 radical (unpaired) electrons. The summed E-state index contributed by atoms with van der Waals surface area (Å²) in [6.07, 6.45) is -1.03. The van der Waals surface area contributed by atoms with Crippen molar-refractivity contribution in [3.63, 3.8) is 0 Å². The molecule has 0 spiro atoms. The molecule has 1 heterocycles. The maximum absolute atomic E-state index is 11.4. The molecule has 0 aromatic carbocycles. The molecule has 0 aliphatic carbocycles. The maximum Gasteiger partial charge on any atom is 0.227 e. The fourth-order valence-corrected chi connectivity index (χ4v) is 1.02. The Bertz CT molecular complexity index is 293. The monoisotopic (exact) mass is 183 g/mol. The highest BCUT2D eigenvalue weighted by Gasteiger charge is 2.18. The zero-order chi connectivity index (χ0) is 9.84. The minimum Gasteiger partial charge on any atom is -0.458 e. The first-order chi connectivity index (χ1) is 6.15. The summed E-state index contributed by atoms with van der Waals surface area (Å²) in [6, 6.07) is 3.26. The molecule has 0 amide bonds. The highest BCUT2D eigenvalue weighted by molar-refractivity contribution is 5.97. The van der Waals surface area contributed by atoms with Crippen molar-refractivity contribution in [3.05, 3.63) is 23.7 Å². The molecule has 1 unspecified atom stereocenters. The van der Waals surface area contributed by atoms with E-state index in [4.69, 9.17) is 4.42 Å². The summed E-state index contributed by atoms with van der Waals surface area (Å²) in [6.45, 7) is 1.99. The van der Waals surface area contributed by atoms with E-state index in [1.807, 2.05) is 0 Å². The van der Waals surface area contributed by atoms with E-state index in [1.165, 1.54) is 0 Å². The Morgan fingerprint density at radius 2 is 2.38 bits per heavy atom. The van der Waals surface area contributed by atoms with Crippen molar-refractivity contribution in [2.45, 2.75) is 13.0 Å². The second-order valence-corrected chi connectivity index (χ2v) is 2.85. The molecule has 4 heteroatoms. The van der Waals surface area contributed by atoms with Crippen LogP contribution in [0, 0.1) is 6.92 Å². The van der Waals surface area contributed by atoms with Gasteiger partial charge in [-0.25, -0.2) is 0 Å². The lowest BCUT2D eigenvalue weighted by Crippen LogP contribution is -2.31. The van der Waals surface area contributed by atoms with E-state index in [1.54, 1.807) is 26.1 Å². The van der Waals surface area contributed by atoms with Crippen LogP contribution in [0.25, 0.3) is 0 Å². The molecule has 0 saturated carbocycles. The van der Waals surface area contributed by atoms with E-state index in [0.29, 0.717) is 5.76 Å². The van der Waals surface area contributed by atoms with Crippen LogP contribution >= 0.6 is 0 Å². The van der Waals surface area contributed by atoms with Crippen LogP contribution in [0.5, 0.6) is 0 Å². The number of hydrogen-bond acceptors (Lipinski definition) is 4. The Labute approximate surface area is 76.6 Å². The Balaban J connectivity index is 2.67. The van der Waals surface area contributed by atoms with Gasteiger partial charge in [0.1, 0.15) is 11.9 Å². The van der Waals surface area contributed by atoms with E-state index >= 15 is 0 Å². The van der Waals surface area contributed by atoms with Gasteiger partial charge in [-0.05, 0) is 26.1 Å². The van der Waals surface area contributed by atoms with Gasteiger partial charge < -0.3 is 14.8 Å². The Hall–Kier alpha value is -1.13. The third-order valence-corrected chi connectivity index (χ3v) is 1.68. The number of aliphatic hydroxyl groups is 1. The summed E-state index contributed by atoms with van der Waals surface area (Å²) in [4.78, 5) is 11.4. The minimum atomic E-state index is -1.03. The molecule has 1 atom stereocenters. The van der Waals surface area contributed by atoms with E-state index in [2.05, 4.69) is 5.32 Å². The predicted molar refractivity (Wildman–Crippen MR) is 47.7 cm³/mol. The number of Topliss-reactive ketones (excluding diaryl/α,β-unsaturated/α-hetero) is 1. The summed E-state index contributed by atoms with van der Waals surface area (Å²) in [5, 5.41) is 12.0. The molecule has 0 bridgehead atoms. The number of aryl methyl sites for hydroxylation is 1. The number of aliphatic hydroxyl groups excluding tert-OH is 1. The SMILES string of the molecule is CNCC(O)C(=O)c1ccc(C)o1. The molecular weight excluding hydrogens is 170 g/mol. The van der Waals surface area contributed by atoms with Gasteiger partial charge >= 0.3 is 0 Å². The summed E-state index contributed by atoms with van der Waals surface area (Å²) in [7, 11) is 1.67. The lowest BCUT2D eigenvalue weighted by molar-refractivity contribution is 0.0719. The number of likely N-dealkylation sites (N-methyl/N-ethyl adjacent to an activating group) is 1. The molecule has 1 aromatic rings. The van der Waals surface area contributed by atoms with E-state index < -0.39 is 6.10 Å². The number of nitrogens with one attached hydrogen (secondary N) is 1. The number of ketones is 1. The second kappa shape index (κ2) is 4.20. The van der Waals surface area contributed by atoms with Crippen molar-refractivity contribution in [3.8, 4) is 0 Å². The van der Waals surface area contributed by atoms with Gasteiger partial charge in [-0.2, -0.15) is 0 Å². The molecule has 2 N–H and O–H groups in total. The second-order valence-electron chi connectivity index (χ2n) is 2.85. The third-order valence-electron chi connectivity index (χ3n) is 1.68. The summed E-state index contributed by atoms with van der Waals surface area (Å²) < 4.78 is 5.08. The van der Waals surface area contributed by atoms with Crippen LogP contribution < -0.4 is 5.32 Å². The molecule has 72 valence electrons. The lowest BCUT2D eigenvalue weighted by atomic mass is 10.2. The van der Waals surface area contributed by atoms with Crippen LogP contribution in [0.1, 0.15) is 16.3 Å². The maximum atomic E-state index is 11.4. The number of rotatable bonds is 4. The Kier molecular flexibility index (Phi) is 3.22. The van der Waals surface area contributed by atoms with Crippen LogP contribution in [0.3, 0.4) is 0 Å². The van der Waals surface area contributed by atoms with Gasteiger partial charge in [0.15, 0.2) is 5.76 Å². The number of hydrogen-bond donors (Lipinski definition) is 2. The molecule has 13 heavy (non-hydrogen) atoms. The van der Waals surface area contributed by atoms with Crippen molar-refractivity contribution in [2.24, 2.45) is 0 Å². The first kappa shape index (κ1) is 9.95. The van der Waals surface area contributed by atoms with Crippen LogP contribution in [0.15, 0.2) is 16.5 Å². The Morgan fingerprint density at radius 3 is 2.85 bits per heavy atom. The van der Waals surface area contributed by atoms with Crippen molar-refractivity contribution in [1.29, 1.82) is 0 Å². The molecule has 1 rings (SSSR count). The standard InChI is InChI=1S/C9H13NO3/c1-6-3-4-8(13-6)9(12)7(11)5-10-2/h3-4,7,10-11H,5H2,1-2H3. The third kappa shape index (κ3) is 2.40. The van der Waals surface area contributed by atoms with Gasteiger partial charge in [0.25, 0.3) is 0 Å². The van der Waals surface area contributed by atoms with Crippen molar-refractivity contribution in [2.75, 3.05) is 13.6 Å². The van der Waals surface area contributed by atoms with Gasteiger partial charge in [0.2, 0.25) is 5.78 Å². The van der Waals surface area contributed by atoms with Gasteiger partial charge in [-0.3, -0.25) is 4.79 Å². The van der Waals surface area contributed by atoms with Crippen molar-refractivity contribution < 1.29 is 14.3 Å². The lowest BCUT2D eigenvalue weighted by Gasteiger charge is -2.05. The average Bonchev–Trinajstić information content (AvgIpc) is 2.51. The average molecular weight is 183 g/mol. The van der Waals surface area contributed by atoms with Gasteiger partial charge in [-0.15, -0.1) is 0 Å². The smallest absolute Gasteiger partial charge is 0.227 e. The normalized spacial score (nSPS) is 12.8. The molecule has 0 aliphatic rings. The van der Waals surface area contributed by atoms with E-state index in [-0.39, 0.29) is 18.1 Å². The first-order valence-corrected chi connectivity index (χ1v) is 4.08. The van der Waals surface area contributed by atoms with Gasteiger partial charge in [0, 0.05) is 6.54 Å². The zero-order valence-electron chi connectivity index (χ0n) is 7.70. The highest BCUT2D eigenvalue weighted by atomic mass is 16.4. The zero-order valence-corrected chi connectivity index (χ0v) is 7.70. The van der Waals surface area contributed by atoms with Crippen LogP contribution in [-0.2, 0) is 0 Å². The Morgan fingerprint density at radius 1 is 1.69 bits per heavy atom.